The largest absolute Gasteiger partial charge is 0.350 e. The molecule has 0 bridgehead atoms. The Kier molecular flexibility index (Phi) is 4.01. The van der Waals surface area contributed by atoms with Crippen molar-refractivity contribution in [2.45, 2.75) is 32.5 Å². The van der Waals surface area contributed by atoms with Gasteiger partial charge in [-0.25, -0.2) is 4.84 Å². The van der Waals surface area contributed by atoms with Gasteiger partial charge in [0.15, 0.2) is 6.29 Å². The number of hydroxylamine groups is 1. The summed E-state index contributed by atoms with van der Waals surface area (Å²) >= 11 is 0. The van der Waals surface area contributed by atoms with Gasteiger partial charge < -0.3 is 4.74 Å². The Hall–Kier alpha value is -0.540. The second kappa shape index (κ2) is 5.16. The van der Waals surface area contributed by atoms with Gasteiger partial charge in [0, 0.05) is 19.2 Å². The van der Waals surface area contributed by atoms with Crippen molar-refractivity contribution in [1.82, 2.24) is 5.48 Å². The van der Waals surface area contributed by atoms with Crippen LogP contribution in [0.3, 0.4) is 0 Å². The fraction of sp³-hybridized carbons (Fsp3) is 0.750. The number of allylic oxidation sites excluding steroid dienone is 1. The number of ether oxygens (including phenoxy) is 1. The monoisotopic (exact) mass is 157 g/mol. The van der Waals surface area contributed by atoms with E-state index in [1.54, 1.807) is 6.20 Å². The molecular weight excluding hydrogens is 142 g/mol. The Morgan fingerprint density at radius 3 is 3.09 bits per heavy atom. The van der Waals surface area contributed by atoms with Crippen LogP contribution in [0.15, 0.2) is 12.3 Å². The van der Waals surface area contributed by atoms with Gasteiger partial charge in [0.1, 0.15) is 0 Å². The third-order valence-electron chi connectivity index (χ3n) is 1.57. The summed E-state index contributed by atoms with van der Waals surface area (Å²) in [4.78, 5) is 5.16. The van der Waals surface area contributed by atoms with Gasteiger partial charge in [-0.05, 0) is 19.8 Å². The van der Waals surface area contributed by atoms with E-state index in [1.807, 2.05) is 13.0 Å². The molecule has 0 radical (unpaired) electrons. The Morgan fingerprint density at radius 1 is 1.55 bits per heavy atom. The first-order valence-corrected chi connectivity index (χ1v) is 4.07. The molecule has 1 N–H and O–H groups in total. The zero-order valence-electron chi connectivity index (χ0n) is 6.88. The maximum atomic E-state index is 5.31. The van der Waals surface area contributed by atoms with E-state index < -0.39 is 0 Å². The molecule has 0 spiro atoms. The molecule has 3 heteroatoms. The third kappa shape index (κ3) is 3.39. The van der Waals surface area contributed by atoms with Gasteiger partial charge in [0.2, 0.25) is 0 Å². The molecule has 3 nitrogen and oxygen atoms in total. The number of hydrogen-bond acceptors (Lipinski definition) is 3. The highest BCUT2D eigenvalue weighted by atomic mass is 16.8. The first-order chi connectivity index (χ1) is 5.43. The van der Waals surface area contributed by atoms with Crippen LogP contribution in [0.2, 0.25) is 0 Å². The van der Waals surface area contributed by atoms with Gasteiger partial charge in [0.05, 0.1) is 0 Å². The Balaban J connectivity index is 2.04. The molecule has 1 aliphatic rings. The molecule has 1 saturated heterocycles. The fourth-order valence-electron chi connectivity index (χ4n) is 0.987. The van der Waals surface area contributed by atoms with Crippen LogP contribution in [0.25, 0.3) is 0 Å². The first kappa shape index (κ1) is 8.56. The van der Waals surface area contributed by atoms with E-state index >= 15 is 0 Å². The Labute approximate surface area is 67.3 Å². The molecule has 1 fully saturated rings. The molecule has 0 aromatic carbocycles. The highest BCUT2D eigenvalue weighted by molar-refractivity contribution is 4.69. The summed E-state index contributed by atoms with van der Waals surface area (Å²) in [5.74, 6) is 0. The topological polar surface area (TPSA) is 30.5 Å². The van der Waals surface area contributed by atoms with Crippen molar-refractivity contribution in [1.29, 1.82) is 0 Å². The van der Waals surface area contributed by atoms with Crippen molar-refractivity contribution in [3.63, 3.8) is 0 Å². The van der Waals surface area contributed by atoms with E-state index in [0.717, 1.165) is 19.4 Å². The molecule has 0 amide bonds. The van der Waals surface area contributed by atoms with Crippen LogP contribution in [0.4, 0.5) is 0 Å². The number of nitrogens with one attached hydrogen (secondary N) is 1. The highest BCUT2D eigenvalue weighted by Crippen LogP contribution is 2.12. The molecule has 11 heavy (non-hydrogen) atoms. The van der Waals surface area contributed by atoms with E-state index in [0.29, 0.717) is 0 Å². The van der Waals surface area contributed by atoms with Crippen molar-refractivity contribution in [2.75, 3.05) is 6.61 Å². The SMILES string of the molecule is CC=CNOC1CCCCO1. The van der Waals surface area contributed by atoms with Crippen LogP contribution in [0, 0.1) is 0 Å². The molecule has 0 saturated carbocycles. The molecule has 1 unspecified atom stereocenters. The number of rotatable bonds is 3. The predicted molar refractivity (Wildman–Crippen MR) is 42.6 cm³/mol. The minimum absolute atomic E-state index is 0.0556. The van der Waals surface area contributed by atoms with Crippen molar-refractivity contribution in [3.05, 3.63) is 12.3 Å². The fourth-order valence-corrected chi connectivity index (χ4v) is 0.987. The van der Waals surface area contributed by atoms with E-state index in [9.17, 15) is 0 Å². The van der Waals surface area contributed by atoms with Crippen LogP contribution >= 0.6 is 0 Å². The third-order valence-corrected chi connectivity index (χ3v) is 1.57. The zero-order chi connectivity index (χ0) is 7.94. The van der Waals surface area contributed by atoms with Gasteiger partial charge >= 0.3 is 0 Å². The van der Waals surface area contributed by atoms with E-state index in [-0.39, 0.29) is 6.29 Å². The minimum Gasteiger partial charge on any atom is -0.350 e. The molecule has 1 heterocycles. The molecule has 1 rings (SSSR count). The zero-order valence-corrected chi connectivity index (χ0v) is 6.88. The average Bonchev–Trinajstić information content (AvgIpc) is 2.07. The molecule has 64 valence electrons. The molecular formula is C8H15NO2. The van der Waals surface area contributed by atoms with Gasteiger partial charge in [-0.2, -0.15) is 0 Å². The normalized spacial score (nSPS) is 25.7. The standard InChI is InChI=1S/C8H15NO2/c1-2-6-9-11-8-5-3-4-7-10-8/h2,6,8-9H,3-5,7H2,1H3. The Morgan fingerprint density at radius 2 is 2.45 bits per heavy atom. The maximum absolute atomic E-state index is 5.31. The van der Waals surface area contributed by atoms with Gasteiger partial charge in [-0.15, -0.1) is 0 Å². The van der Waals surface area contributed by atoms with Gasteiger partial charge in [0.25, 0.3) is 0 Å². The summed E-state index contributed by atoms with van der Waals surface area (Å²) in [6, 6.07) is 0. The Bertz CT molecular complexity index is 119. The van der Waals surface area contributed by atoms with Crippen LogP contribution < -0.4 is 5.48 Å². The summed E-state index contributed by atoms with van der Waals surface area (Å²) in [6.45, 7) is 2.75. The smallest absolute Gasteiger partial charge is 0.183 e. The molecule has 0 aliphatic carbocycles. The maximum Gasteiger partial charge on any atom is 0.183 e. The molecule has 0 aromatic rings. The summed E-state index contributed by atoms with van der Waals surface area (Å²) in [7, 11) is 0. The summed E-state index contributed by atoms with van der Waals surface area (Å²) in [5.41, 5.74) is 2.70. The van der Waals surface area contributed by atoms with E-state index in [4.69, 9.17) is 9.57 Å². The minimum atomic E-state index is -0.0556. The van der Waals surface area contributed by atoms with Crippen LogP contribution in [-0.2, 0) is 9.57 Å². The van der Waals surface area contributed by atoms with Crippen LogP contribution in [0.5, 0.6) is 0 Å². The van der Waals surface area contributed by atoms with Crippen LogP contribution in [0.1, 0.15) is 26.2 Å². The van der Waals surface area contributed by atoms with Crippen molar-refractivity contribution in [3.8, 4) is 0 Å². The molecule has 0 aromatic heterocycles. The summed E-state index contributed by atoms with van der Waals surface area (Å²) in [5, 5.41) is 0. The quantitative estimate of drug-likeness (QED) is 0.631. The van der Waals surface area contributed by atoms with Gasteiger partial charge in [-0.1, -0.05) is 6.08 Å². The lowest BCUT2D eigenvalue weighted by Crippen LogP contribution is -2.26. The lowest BCUT2D eigenvalue weighted by molar-refractivity contribution is -0.187. The lowest BCUT2D eigenvalue weighted by Gasteiger charge is -2.21. The van der Waals surface area contributed by atoms with Crippen molar-refractivity contribution < 1.29 is 9.57 Å². The van der Waals surface area contributed by atoms with Crippen molar-refractivity contribution in [2.24, 2.45) is 0 Å². The van der Waals surface area contributed by atoms with E-state index in [1.165, 1.54) is 6.42 Å². The lowest BCUT2D eigenvalue weighted by atomic mass is 10.2. The van der Waals surface area contributed by atoms with Gasteiger partial charge in [-0.3, -0.25) is 5.48 Å². The number of hydrogen-bond donors (Lipinski definition) is 1. The summed E-state index contributed by atoms with van der Waals surface area (Å²) in [6.07, 6.45) is 6.91. The summed E-state index contributed by atoms with van der Waals surface area (Å²) < 4.78 is 5.31. The first-order valence-electron chi connectivity index (χ1n) is 4.07. The highest BCUT2D eigenvalue weighted by Gasteiger charge is 2.13. The average molecular weight is 157 g/mol. The molecule has 1 aliphatic heterocycles. The second-order valence-corrected chi connectivity index (χ2v) is 2.53. The van der Waals surface area contributed by atoms with Crippen LogP contribution in [-0.4, -0.2) is 12.9 Å². The second-order valence-electron chi connectivity index (χ2n) is 2.53. The van der Waals surface area contributed by atoms with E-state index in [2.05, 4.69) is 5.48 Å². The molecule has 1 atom stereocenters. The van der Waals surface area contributed by atoms with Crippen molar-refractivity contribution >= 4 is 0 Å². The predicted octanol–water partition coefficient (Wildman–Crippen LogP) is 1.57.